The van der Waals surface area contributed by atoms with Crippen molar-refractivity contribution in [3.05, 3.63) is 70.2 Å². The molecule has 2 rings (SSSR count). The van der Waals surface area contributed by atoms with Crippen LogP contribution in [0, 0.1) is 0 Å². The number of benzene rings is 2. The second-order valence-corrected chi connectivity index (χ2v) is 4.85. The van der Waals surface area contributed by atoms with E-state index in [1.807, 2.05) is 30.3 Å². The van der Waals surface area contributed by atoms with E-state index < -0.39 is 11.9 Å². The van der Waals surface area contributed by atoms with Gasteiger partial charge in [-0.15, -0.1) is 0 Å². The van der Waals surface area contributed by atoms with Crippen molar-refractivity contribution in [1.82, 2.24) is 0 Å². The van der Waals surface area contributed by atoms with Crippen molar-refractivity contribution in [1.29, 1.82) is 0 Å². The van der Waals surface area contributed by atoms with Gasteiger partial charge in [0.25, 0.3) is 0 Å². The summed E-state index contributed by atoms with van der Waals surface area (Å²) >= 11 is 6.00. The fraction of sp³-hybridized carbons (Fsp3) is 0.125. The highest BCUT2D eigenvalue weighted by molar-refractivity contribution is 6.33. The van der Waals surface area contributed by atoms with Crippen LogP contribution in [0.2, 0.25) is 5.02 Å². The fourth-order valence-corrected chi connectivity index (χ4v) is 2.09. The van der Waals surface area contributed by atoms with Gasteiger partial charge >= 0.3 is 11.9 Å². The van der Waals surface area contributed by atoms with Gasteiger partial charge in [-0.2, -0.15) is 0 Å². The van der Waals surface area contributed by atoms with Crippen LogP contribution < -0.4 is 0 Å². The molecule has 0 aromatic heterocycles. The monoisotopic (exact) mass is 304 g/mol. The zero-order valence-electron chi connectivity index (χ0n) is 11.1. The molecule has 0 unspecified atom stereocenters. The van der Waals surface area contributed by atoms with E-state index in [0.29, 0.717) is 5.56 Å². The SMILES string of the molecule is O=C(O)Cc1ccc(C(=O)OCc2ccccc2)c(Cl)c1. The molecule has 0 aliphatic heterocycles. The molecule has 2 aromatic carbocycles. The molecular formula is C16H13ClO4. The Balaban J connectivity index is 2.04. The lowest BCUT2D eigenvalue weighted by atomic mass is 10.1. The zero-order valence-corrected chi connectivity index (χ0v) is 11.8. The maximum Gasteiger partial charge on any atom is 0.339 e. The van der Waals surface area contributed by atoms with Gasteiger partial charge in [0.2, 0.25) is 0 Å². The predicted octanol–water partition coefficient (Wildman–Crippen LogP) is 3.32. The van der Waals surface area contributed by atoms with E-state index in [2.05, 4.69) is 0 Å². The number of halogens is 1. The molecule has 0 atom stereocenters. The summed E-state index contributed by atoms with van der Waals surface area (Å²) in [7, 11) is 0. The van der Waals surface area contributed by atoms with E-state index in [1.54, 1.807) is 6.07 Å². The summed E-state index contributed by atoms with van der Waals surface area (Å²) in [5.74, 6) is -1.49. The van der Waals surface area contributed by atoms with E-state index in [4.69, 9.17) is 21.4 Å². The number of ether oxygens (including phenoxy) is 1. The lowest BCUT2D eigenvalue weighted by Gasteiger charge is -2.07. The number of carboxylic acid groups (broad SMARTS) is 1. The maximum absolute atomic E-state index is 11.9. The molecule has 0 saturated carbocycles. The normalized spacial score (nSPS) is 10.1. The summed E-state index contributed by atoms with van der Waals surface area (Å²) in [5, 5.41) is 8.90. The Bertz CT molecular complexity index is 653. The standard InChI is InChI=1S/C16H13ClO4/c17-14-8-12(9-15(18)19)6-7-13(14)16(20)21-10-11-4-2-1-3-5-11/h1-8H,9-10H2,(H,18,19). The number of esters is 1. The molecule has 0 fully saturated rings. The molecule has 0 saturated heterocycles. The van der Waals surface area contributed by atoms with Crippen molar-refractivity contribution in [2.45, 2.75) is 13.0 Å². The quantitative estimate of drug-likeness (QED) is 0.861. The molecular weight excluding hydrogens is 292 g/mol. The van der Waals surface area contributed by atoms with Crippen LogP contribution in [0.15, 0.2) is 48.5 Å². The van der Waals surface area contributed by atoms with E-state index in [-0.39, 0.29) is 23.6 Å². The van der Waals surface area contributed by atoms with Crippen LogP contribution in [0.3, 0.4) is 0 Å². The molecule has 0 amide bonds. The molecule has 1 N–H and O–H groups in total. The topological polar surface area (TPSA) is 63.6 Å². The first-order valence-electron chi connectivity index (χ1n) is 6.27. The maximum atomic E-state index is 11.9. The number of hydrogen-bond donors (Lipinski definition) is 1. The first kappa shape index (κ1) is 15.1. The highest BCUT2D eigenvalue weighted by atomic mass is 35.5. The number of carbonyl (C=O) groups is 2. The summed E-state index contributed by atoms with van der Waals surface area (Å²) in [6.45, 7) is 0.160. The highest BCUT2D eigenvalue weighted by Gasteiger charge is 2.13. The van der Waals surface area contributed by atoms with Gasteiger partial charge in [0.05, 0.1) is 17.0 Å². The molecule has 0 spiro atoms. The van der Waals surface area contributed by atoms with Gasteiger partial charge in [-0.3, -0.25) is 4.79 Å². The Morgan fingerprint density at radius 1 is 1.05 bits per heavy atom. The molecule has 0 bridgehead atoms. The van der Waals surface area contributed by atoms with E-state index in [9.17, 15) is 9.59 Å². The Morgan fingerprint density at radius 2 is 1.76 bits per heavy atom. The number of aliphatic carboxylic acids is 1. The number of carbonyl (C=O) groups excluding carboxylic acids is 1. The Labute approximate surface area is 126 Å². The van der Waals surface area contributed by atoms with Crippen LogP contribution in [0.25, 0.3) is 0 Å². The van der Waals surface area contributed by atoms with Gasteiger partial charge in [-0.05, 0) is 23.3 Å². The number of carboxylic acids is 1. The van der Waals surface area contributed by atoms with Crippen molar-refractivity contribution >= 4 is 23.5 Å². The lowest BCUT2D eigenvalue weighted by molar-refractivity contribution is -0.136. The smallest absolute Gasteiger partial charge is 0.339 e. The minimum atomic E-state index is -0.953. The summed E-state index contributed by atoms with van der Waals surface area (Å²) < 4.78 is 5.18. The van der Waals surface area contributed by atoms with Gasteiger partial charge < -0.3 is 9.84 Å². The molecule has 0 aliphatic carbocycles. The molecule has 108 valence electrons. The minimum Gasteiger partial charge on any atom is -0.481 e. The van der Waals surface area contributed by atoms with E-state index in [0.717, 1.165) is 5.56 Å². The Hall–Kier alpha value is -2.33. The molecule has 0 radical (unpaired) electrons. The molecule has 21 heavy (non-hydrogen) atoms. The highest BCUT2D eigenvalue weighted by Crippen LogP contribution is 2.20. The minimum absolute atomic E-state index is 0.140. The summed E-state index contributed by atoms with van der Waals surface area (Å²) in [5.41, 5.74) is 1.64. The van der Waals surface area contributed by atoms with Crippen LogP contribution in [0.4, 0.5) is 0 Å². The Kier molecular flexibility index (Phi) is 4.95. The van der Waals surface area contributed by atoms with Gasteiger partial charge in [0, 0.05) is 0 Å². The first-order valence-corrected chi connectivity index (χ1v) is 6.65. The average Bonchev–Trinajstić information content (AvgIpc) is 2.45. The average molecular weight is 305 g/mol. The van der Waals surface area contributed by atoms with Crippen LogP contribution >= 0.6 is 11.6 Å². The molecule has 2 aromatic rings. The van der Waals surface area contributed by atoms with E-state index in [1.165, 1.54) is 12.1 Å². The van der Waals surface area contributed by atoms with Gasteiger partial charge in [0.15, 0.2) is 0 Å². The van der Waals surface area contributed by atoms with Crippen LogP contribution in [-0.2, 0) is 22.6 Å². The van der Waals surface area contributed by atoms with Crippen molar-refractivity contribution in [3.63, 3.8) is 0 Å². The third-order valence-corrected chi connectivity index (χ3v) is 3.13. The van der Waals surface area contributed by atoms with Gasteiger partial charge in [0.1, 0.15) is 6.61 Å². The molecule has 5 heteroatoms. The third-order valence-electron chi connectivity index (χ3n) is 2.82. The second kappa shape index (κ2) is 6.90. The Morgan fingerprint density at radius 3 is 2.38 bits per heavy atom. The summed E-state index contributed by atoms with van der Waals surface area (Å²) in [6.07, 6.45) is -0.140. The predicted molar refractivity (Wildman–Crippen MR) is 78.4 cm³/mol. The lowest BCUT2D eigenvalue weighted by Crippen LogP contribution is -2.07. The van der Waals surface area contributed by atoms with Gasteiger partial charge in [-0.1, -0.05) is 48.0 Å². The number of hydrogen-bond acceptors (Lipinski definition) is 3. The third kappa shape index (κ3) is 4.33. The van der Waals surface area contributed by atoms with Gasteiger partial charge in [-0.25, -0.2) is 4.79 Å². The fourth-order valence-electron chi connectivity index (χ4n) is 1.81. The second-order valence-electron chi connectivity index (χ2n) is 4.45. The number of rotatable bonds is 5. The van der Waals surface area contributed by atoms with Crippen LogP contribution in [0.5, 0.6) is 0 Å². The van der Waals surface area contributed by atoms with Crippen LogP contribution in [-0.4, -0.2) is 17.0 Å². The van der Waals surface area contributed by atoms with Crippen molar-refractivity contribution in [2.24, 2.45) is 0 Å². The molecule has 4 nitrogen and oxygen atoms in total. The molecule has 0 aliphatic rings. The van der Waals surface area contributed by atoms with E-state index >= 15 is 0 Å². The van der Waals surface area contributed by atoms with Crippen LogP contribution in [0.1, 0.15) is 21.5 Å². The van der Waals surface area contributed by atoms with Crippen molar-refractivity contribution in [3.8, 4) is 0 Å². The zero-order chi connectivity index (χ0) is 15.2. The van der Waals surface area contributed by atoms with Crippen molar-refractivity contribution in [2.75, 3.05) is 0 Å². The summed E-state index contributed by atoms with van der Waals surface area (Å²) in [6, 6.07) is 13.8. The molecule has 0 heterocycles. The largest absolute Gasteiger partial charge is 0.481 e. The first-order chi connectivity index (χ1) is 10.1. The summed E-state index contributed by atoms with van der Waals surface area (Å²) in [4.78, 5) is 22.6. The van der Waals surface area contributed by atoms with Crippen molar-refractivity contribution < 1.29 is 19.4 Å².